The van der Waals surface area contributed by atoms with Crippen molar-refractivity contribution in [1.29, 1.82) is 0 Å². The van der Waals surface area contributed by atoms with Gasteiger partial charge in [0, 0.05) is 40.4 Å². The van der Waals surface area contributed by atoms with Crippen molar-refractivity contribution in [3.8, 4) is 22.5 Å². The number of nitrogens with zero attached hydrogens (tertiary/aromatic N) is 2. The van der Waals surface area contributed by atoms with Gasteiger partial charge in [0.05, 0.1) is 0 Å². The number of hydrogen-bond acceptors (Lipinski definition) is 3. The molecule has 0 aliphatic heterocycles. The van der Waals surface area contributed by atoms with Crippen molar-refractivity contribution in [3.05, 3.63) is 109 Å². The average Bonchev–Trinajstić information content (AvgIpc) is 3.36. The Balaban J connectivity index is 0.000000223. The van der Waals surface area contributed by atoms with Gasteiger partial charge in [-0.1, -0.05) is 68.7 Å². The maximum atomic E-state index is 8.37. The molecule has 43 heavy (non-hydrogen) atoms. The van der Waals surface area contributed by atoms with Gasteiger partial charge >= 0.3 is 99.8 Å². The first-order valence-electron chi connectivity index (χ1n) is 15.0. The van der Waals surface area contributed by atoms with E-state index in [4.69, 9.17) is 1.37 Å². The summed E-state index contributed by atoms with van der Waals surface area (Å²) in [7, 11) is -1.52. The molecule has 0 saturated carbocycles. The van der Waals surface area contributed by atoms with Gasteiger partial charge in [0.1, 0.15) is 0 Å². The van der Waals surface area contributed by atoms with Crippen LogP contribution in [0.25, 0.3) is 42.7 Å². The van der Waals surface area contributed by atoms with Crippen LogP contribution in [0.4, 0.5) is 0 Å². The van der Waals surface area contributed by atoms with Gasteiger partial charge in [-0.05, 0) is 33.8 Å². The zero-order chi connectivity index (χ0) is 31.0. The van der Waals surface area contributed by atoms with Gasteiger partial charge in [-0.25, -0.2) is 0 Å². The second kappa shape index (κ2) is 13.7. The Labute approximate surface area is 280 Å². The van der Waals surface area contributed by atoms with Crippen LogP contribution in [0.15, 0.2) is 91.3 Å². The second-order valence-electron chi connectivity index (χ2n) is 13.0. The Hall–Kier alpha value is -2.41. The van der Waals surface area contributed by atoms with Crippen LogP contribution in [-0.4, -0.2) is 31.3 Å². The van der Waals surface area contributed by atoms with Crippen LogP contribution in [0.2, 0.25) is 36.9 Å². The van der Waals surface area contributed by atoms with E-state index in [1.165, 1.54) is 29.8 Å². The third-order valence-corrected chi connectivity index (χ3v) is 14.9. The Kier molecular flexibility index (Phi) is 10.2. The molecular weight excluding hydrogens is 797 g/mol. The largest absolute Gasteiger partial charge is 0 e. The first-order valence-corrected chi connectivity index (χ1v) is 26.2. The SMILES string of the molecule is [2H]C(C)(C)c1ccnc(-c2[c-]cc([Si](C)(C)C)c3c2sc2ccccc23)c1.[CH3][Ge]([CH3])([CH3])[c]1ccc(-c2[c-]cccc2)nc1.[Ir]. The fourth-order valence-electron chi connectivity index (χ4n) is 4.98. The average molecular weight is 839 g/mol. The Bertz CT molecular complexity index is 1870. The molecule has 0 fully saturated rings. The van der Waals surface area contributed by atoms with Gasteiger partial charge < -0.3 is 4.98 Å². The van der Waals surface area contributed by atoms with Gasteiger partial charge in [0.2, 0.25) is 0 Å². The Morgan fingerprint density at radius 1 is 0.884 bits per heavy atom. The van der Waals surface area contributed by atoms with Crippen molar-refractivity contribution in [2.45, 2.75) is 56.7 Å². The van der Waals surface area contributed by atoms with E-state index in [1.54, 1.807) is 0 Å². The minimum atomic E-state index is -1.72. The van der Waals surface area contributed by atoms with Crippen molar-refractivity contribution in [3.63, 3.8) is 0 Å². The van der Waals surface area contributed by atoms with Crippen LogP contribution in [0.5, 0.6) is 0 Å². The quantitative estimate of drug-likeness (QED) is 0.128. The first kappa shape index (κ1) is 32.0. The topological polar surface area (TPSA) is 25.8 Å². The Morgan fingerprint density at radius 2 is 1.63 bits per heavy atom. The predicted molar refractivity (Wildman–Crippen MR) is 190 cm³/mol. The molecule has 6 aromatic rings. The monoisotopic (exact) mass is 840 g/mol. The van der Waals surface area contributed by atoms with Gasteiger partial charge in [0.25, 0.3) is 0 Å². The van der Waals surface area contributed by atoms with Gasteiger partial charge in [-0.2, -0.15) is 11.3 Å². The van der Waals surface area contributed by atoms with Gasteiger partial charge in [-0.15, -0.1) is 22.9 Å². The molecule has 0 amide bonds. The summed E-state index contributed by atoms with van der Waals surface area (Å²) < 4.78 is 12.4. The molecule has 6 rings (SSSR count). The molecule has 0 saturated heterocycles. The molecule has 2 nitrogen and oxygen atoms in total. The standard InChI is InChI=1S/C23H24NSSi.C14H16GeN.Ir/c1-15(2)16-12-13-24-19(14-16)17-10-11-21(26(3,4)5)22-18-8-6-7-9-20(18)25-23(17)22;1-15(2,3)13-9-10-14(16-11-13)12-7-5-4-6-8-12;/h6-9,11-15H,1-5H3;4-7,9-11H,1-3H3;/q2*-1;/i15D;;. The van der Waals surface area contributed by atoms with Crippen LogP contribution in [0, 0.1) is 12.1 Å². The molecule has 6 heteroatoms. The molecule has 223 valence electrons. The fraction of sp³-hybridized carbons (Fsp3) is 0.243. The van der Waals surface area contributed by atoms with Crippen LogP contribution in [-0.2, 0) is 20.1 Å². The summed E-state index contributed by atoms with van der Waals surface area (Å²) in [5, 5.41) is 4.17. The third kappa shape index (κ3) is 7.64. The molecule has 0 spiro atoms. The normalized spacial score (nSPS) is 12.3. The zero-order valence-electron chi connectivity index (χ0n) is 27.3. The first-order chi connectivity index (χ1) is 20.2. The fourth-order valence-corrected chi connectivity index (χ4v) is 9.99. The molecule has 3 aromatic carbocycles. The van der Waals surface area contributed by atoms with Crippen molar-refractivity contribution >= 4 is 62.4 Å². The summed E-state index contributed by atoms with van der Waals surface area (Å²) in [5.74, 6) is 6.50. The minimum absolute atomic E-state index is 0. The van der Waals surface area contributed by atoms with E-state index in [2.05, 4.69) is 108 Å². The van der Waals surface area contributed by atoms with Crippen molar-refractivity contribution in [1.82, 2.24) is 9.97 Å². The number of pyridine rings is 2. The molecule has 0 bridgehead atoms. The van der Waals surface area contributed by atoms with Crippen LogP contribution >= 0.6 is 11.3 Å². The van der Waals surface area contributed by atoms with Crippen molar-refractivity contribution < 1.29 is 21.5 Å². The smallest absolute Gasteiger partial charge is 0 e. The molecule has 1 radical (unpaired) electrons. The summed E-state index contributed by atoms with van der Waals surface area (Å²) in [5.41, 5.74) is 5.02. The molecule has 3 aromatic heterocycles. The van der Waals surface area contributed by atoms with E-state index < -0.39 is 27.2 Å². The predicted octanol–water partition coefficient (Wildman–Crippen LogP) is 9.68. The number of rotatable bonds is 5. The minimum Gasteiger partial charge on any atom is 0 e. The van der Waals surface area contributed by atoms with Crippen molar-refractivity contribution in [2.24, 2.45) is 0 Å². The van der Waals surface area contributed by atoms with E-state index in [9.17, 15) is 0 Å². The van der Waals surface area contributed by atoms with E-state index in [0.29, 0.717) is 0 Å². The van der Waals surface area contributed by atoms with Gasteiger partial charge in [-0.3, -0.25) is 0 Å². The molecule has 0 atom stereocenters. The summed E-state index contributed by atoms with van der Waals surface area (Å²) in [6.07, 6.45) is 3.86. The molecule has 3 heterocycles. The Morgan fingerprint density at radius 3 is 2.26 bits per heavy atom. The third-order valence-electron chi connectivity index (χ3n) is 7.47. The number of fused-ring (bicyclic) bond motifs is 3. The molecular formula is C37H40GeIrN2SSi-2. The second-order valence-corrected chi connectivity index (χ2v) is 29.8. The van der Waals surface area contributed by atoms with E-state index in [-0.39, 0.29) is 20.1 Å². The molecule has 0 N–H and O–H groups in total. The zero-order valence-corrected chi connectivity index (χ0v) is 32.6. The summed E-state index contributed by atoms with van der Waals surface area (Å²) >= 11 is 0.115. The maximum absolute atomic E-state index is 8.37. The number of thiophene rings is 1. The number of hydrogen-bond donors (Lipinski definition) is 0. The van der Waals surface area contributed by atoms with Crippen LogP contribution in [0.1, 0.15) is 26.7 Å². The van der Waals surface area contributed by atoms with E-state index >= 15 is 0 Å². The molecule has 0 unspecified atom stereocenters. The summed E-state index contributed by atoms with van der Waals surface area (Å²) in [6.45, 7) is 11.0. The van der Waals surface area contributed by atoms with Crippen LogP contribution in [0.3, 0.4) is 0 Å². The molecule has 0 aliphatic carbocycles. The van der Waals surface area contributed by atoms with Gasteiger partial charge in [0.15, 0.2) is 0 Å². The summed E-state index contributed by atoms with van der Waals surface area (Å²) in [4.78, 5) is 9.17. The van der Waals surface area contributed by atoms with Crippen molar-refractivity contribution in [2.75, 3.05) is 0 Å². The van der Waals surface area contributed by atoms with E-state index in [0.717, 1.165) is 28.1 Å². The summed E-state index contributed by atoms with van der Waals surface area (Å²) in [6, 6.07) is 33.9. The maximum Gasteiger partial charge on any atom is 0 e. The number of benzene rings is 3. The number of aromatic nitrogens is 2. The van der Waals surface area contributed by atoms with E-state index in [1.807, 2.05) is 67.9 Å². The molecule has 0 aliphatic rings. The van der Waals surface area contributed by atoms with Crippen LogP contribution < -0.4 is 9.58 Å².